The Labute approximate surface area is 138 Å². The van der Waals surface area contributed by atoms with Gasteiger partial charge in [-0.05, 0) is 24.0 Å². The van der Waals surface area contributed by atoms with E-state index in [2.05, 4.69) is 67.7 Å². The summed E-state index contributed by atoms with van der Waals surface area (Å²) in [5.74, 6) is 0.529. The molecule has 2 heteroatoms. The molecule has 0 unspecified atom stereocenters. The molecule has 0 aromatic heterocycles. The van der Waals surface area contributed by atoms with Crippen LogP contribution in [0.2, 0.25) is 0 Å². The van der Waals surface area contributed by atoms with E-state index in [1.807, 2.05) is 12.1 Å². The lowest BCUT2D eigenvalue weighted by Crippen LogP contribution is -2.48. The smallest absolute Gasteiger partial charge is 0.142 e. The molecule has 120 valence electrons. The maximum atomic E-state index is 13.1. The maximum absolute atomic E-state index is 13.1. The van der Waals surface area contributed by atoms with Gasteiger partial charge in [-0.3, -0.25) is 4.79 Å². The van der Waals surface area contributed by atoms with Crippen molar-refractivity contribution in [2.75, 3.05) is 0 Å². The van der Waals surface area contributed by atoms with Crippen LogP contribution in [-0.4, -0.2) is 5.78 Å². The number of hydrogen-bond donors (Lipinski definition) is 1. The standard InChI is InChI=1S/C21H25NO/c1-3-17-19(15-11-7-5-8-12-15)22-20(18(4-2)21(17)23)16-13-9-6-10-14-16/h5-14,17-20,22H,3-4H2,1-2H3/t17-,18+,19-,20-/m1/s1. The van der Waals surface area contributed by atoms with Crippen molar-refractivity contribution in [2.45, 2.75) is 38.8 Å². The number of carbonyl (C=O) groups is 1. The third-order valence-electron chi connectivity index (χ3n) is 5.09. The van der Waals surface area contributed by atoms with Crippen molar-refractivity contribution in [3.63, 3.8) is 0 Å². The second-order valence-electron chi connectivity index (χ2n) is 6.38. The van der Waals surface area contributed by atoms with E-state index in [1.54, 1.807) is 0 Å². The van der Waals surface area contributed by atoms with E-state index in [0.29, 0.717) is 5.78 Å². The van der Waals surface area contributed by atoms with Crippen molar-refractivity contribution in [3.8, 4) is 0 Å². The number of benzene rings is 2. The van der Waals surface area contributed by atoms with E-state index in [4.69, 9.17) is 0 Å². The average molecular weight is 307 g/mol. The highest BCUT2D eigenvalue weighted by Gasteiger charge is 2.42. The molecule has 1 heterocycles. The van der Waals surface area contributed by atoms with E-state index in [1.165, 1.54) is 11.1 Å². The van der Waals surface area contributed by atoms with E-state index in [9.17, 15) is 4.79 Å². The summed E-state index contributed by atoms with van der Waals surface area (Å²) in [7, 11) is 0. The minimum atomic E-state index is 0.0577. The highest BCUT2D eigenvalue weighted by Crippen LogP contribution is 2.40. The predicted molar refractivity (Wildman–Crippen MR) is 94.1 cm³/mol. The van der Waals surface area contributed by atoms with Gasteiger partial charge in [0.15, 0.2) is 0 Å². The van der Waals surface area contributed by atoms with Crippen LogP contribution in [0.5, 0.6) is 0 Å². The fourth-order valence-electron chi connectivity index (χ4n) is 3.88. The Bertz CT molecular complexity index is 582. The monoisotopic (exact) mass is 307 g/mol. The summed E-state index contributed by atoms with van der Waals surface area (Å²) in [6.45, 7) is 4.24. The van der Waals surface area contributed by atoms with Gasteiger partial charge >= 0.3 is 0 Å². The van der Waals surface area contributed by atoms with Gasteiger partial charge in [0.1, 0.15) is 5.78 Å². The van der Waals surface area contributed by atoms with Crippen molar-refractivity contribution in [2.24, 2.45) is 11.8 Å². The van der Waals surface area contributed by atoms with Crippen LogP contribution in [0.4, 0.5) is 0 Å². The van der Waals surface area contributed by atoms with Gasteiger partial charge in [0.2, 0.25) is 0 Å². The topological polar surface area (TPSA) is 29.1 Å². The first-order valence-electron chi connectivity index (χ1n) is 8.65. The predicted octanol–water partition coefficient (Wildman–Crippen LogP) is 4.69. The second kappa shape index (κ2) is 7.10. The first kappa shape index (κ1) is 15.9. The number of carbonyl (C=O) groups excluding carboxylic acids is 1. The van der Waals surface area contributed by atoms with Gasteiger partial charge in [0, 0.05) is 23.9 Å². The summed E-state index contributed by atoms with van der Waals surface area (Å²) in [5, 5.41) is 3.80. The van der Waals surface area contributed by atoms with Crippen molar-refractivity contribution >= 4 is 5.78 Å². The number of rotatable bonds is 4. The van der Waals surface area contributed by atoms with E-state index in [-0.39, 0.29) is 23.9 Å². The largest absolute Gasteiger partial charge is 0.302 e. The maximum Gasteiger partial charge on any atom is 0.142 e. The fourth-order valence-corrected chi connectivity index (χ4v) is 3.88. The van der Waals surface area contributed by atoms with Gasteiger partial charge in [-0.2, -0.15) is 0 Å². The van der Waals surface area contributed by atoms with Gasteiger partial charge in [-0.1, -0.05) is 74.5 Å². The Kier molecular flexibility index (Phi) is 4.92. The SMILES string of the molecule is CC[C@@H]1C(=O)[C@H](CC)[C@@H](c2ccccc2)N[C@@H]1c1ccccc1. The number of ketones is 1. The molecule has 0 spiro atoms. The molecule has 1 fully saturated rings. The summed E-state index contributed by atoms with van der Waals surface area (Å²) in [6, 6.07) is 21.0. The number of hydrogen-bond acceptors (Lipinski definition) is 2. The zero-order valence-corrected chi connectivity index (χ0v) is 13.9. The van der Waals surface area contributed by atoms with Crippen molar-refractivity contribution in [3.05, 3.63) is 71.8 Å². The van der Waals surface area contributed by atoms with Crippen LogP contribution in [0.15, 0.2) is 60.7 Å². The van der Waals surface area contributed by atoms with Gasteiger partial charge in [0.25, 0.3) is 0 Å². The summed E-state index contributed by atoms with van der Waals surface area (Å²) < 4.78 is 0. The van der Waals surface area contributed by atoms with Crippen LogP contribution in [0.1, 0.15) is 49.9 Å². The van der Waals surface area contributed by atoms with Gasteiger partial charge in [0.05, 0.1) is 0 Å². The highest BCUT2D eigenvalue weighted by molar-refractivity contribution is 5.86. The summed E-state index contributed by atoms with van der Waals surface area (Å²) >= 11 is 0. The van der Waals surface area contributed by atoms with Crippen LogP contribution in [0, 0.1) is 11.8 Å². The van der Waals surface area contributed by atoms with Gasteiger partial charge in [-0.15, -0.1) is 0 Å². The molecule has 0 radical (unpaired) electrons. The third kappa shape index (κ3) is 3.09. The number of Topliss-reactive ketones (excluding diaryl/α,β-unsaturated/α-hetero) is 1. The van der Waals surface area contributed by atoms with E-state index < -0.39 is 0 Å². The summed E-state index contributed by atoms with van der Waals surface area (Å²) in [4.78, 5) is 13.1. The molecule has 2 aromatic rings. The van der Waals surface area contributed by atoms with Crippen LogP contribution in [-0.2, 0) is 4.79 Å². The quantitative estimate of drug-likeness (QED) is 0.887. The van der Waals surface area contributed by atoms with Crippen LogP contribution in [0.3, 0.4) is 0 Å². The molecule has 0 aliphatic carbocycles. The first-order chi connectivity index (χ1) is 11.3. The molecule has 0 saturated carbocycles. The van der Waals surface area contributed by atoms with E-state index in [0.717, 1.165) is 12.8 Å². The summed E-state index contributed by atoms with van der Waals surface area (Å²) in [5.41, 5.74) is 2.42. The number of nitrogens with one attached hydrogen (secondary N) is 1. The molecular formula is C21H25NO. The Morgan fingerprint density at radius 1 is 0.739 bits per heavy atom. The second-order valence-corrected chi connectivity index (χ2v) is 6.38. The van der Waals surface area contributed by atoms with Crippen molar-refractivity contribution < 1.29 is 4.79 Å². The first-order valence-corrected chi connectivity index (χ1v) is 8.65. The minimum absolute atomic E-state index is 0.0577. The lowest BCUT2D eigenvalue weighted by atomic mass is 9.73. The van der Waals surface area contributed by atoms with Gasteiger partial charge in [-0.25, -0.2) is 0 Å². The molecule has 0 amide bonds. The minimum Gasteiger partial charge on any atom is -0.302 e. The molecule has 2 aromatic carbocycles. The third-order valence-corrected chi connectivity index (χ3v) is 5.09. The van der Waals surface area contributed by atoms with E-state index >= 15 is 0 Å². The Morgan fingerprint density at radius 2 is 1.13 bits per heavy atom. The van der Waals surface area contributed by atoms with Crippen molar-refractivity contribution in [1.82, 2.24) is 5.32 Å². The van der Waals surface area contributed by atoms with Crippen LogP contribution < -0.4 is 5.32 Å². The highest BCUT2D eigenvalue weighted by atomic mass is 16.1. The average Bonchev–Trinajstić information content (AvgIpc) is 2.62. The van der Waals surface area contributed by atoms with Crippen LogP contribution in [0.25, 0.3) is 0 Å². The fraction of sp³-hybridized carbons (Fsp3) is 0.381. The molecule has 3 rings (SSSR count). The molecule has 1 N–H and O–H groups in total. The normalized spacial score (nSPS) is 27.8. The molecular weight excluding hydrogens is 282 g/mol. The van der Waals surface area contributed by atoms with Gasteiger partial charge < -0.3 is 5.32 Å². The lowest BCUT2D eigenvalue weighted by molar-refractivity contribution is -0.132. The van der Waals surface area contributed by atoms with Crippen LogP contribution >= 0.6 is 0 Å². The molecule has 1 saturated heterocycles. The molecule has 0 bridgehead atoms. The molecule has 1 aliphatic rings. The molecule has 23 heavy (non-hydrogen) atoms. The molecule has 4 atom stereocenters. The lowest BCUT2D eigenvalue weighted by Gasteiger charge is -2.41. The zero-order valence-electron chi connectivity index (χ0n) is 13.9. The molecule has 1 aliphatic heterocycles. The summed E-state index contributed by atoms with van der Waals surface area (Å²) in [6.07, 6.45) is 1.76. The number of piperidine rings is 1. The van der Waals surface area contributed by atoms with Crippen molar-refractivity contribution in [1.29, 1.82) is 0 Å². The molecule has 2 nitrogen and oxygen atoms in total. The Morgan fingerprint density at radius 3 is 1.48 bits per heavy atom. The Hall–Kier alpha value is -1.93. The Balaban J connectivity index is 1.99. The zero-order chi connectivity index (χ0) is 16.2.